The molecule has 3 aromatic rings. The van der Waals surface area contributed by atoms with Crippen LogP contribution in [-0.2, 0) is 0 Å². The molecule has 2 heterocycles. The third-order valence-electron chi connectivity index (χ3n) is 3.44. The number of benzene rings is 1. The summed E-state index contributed by atoms with van der Waals surface area (Å²) in [5, 5.41) is 7.02. The number of aryl methyl sites for hydroxylation is 1. The molecule has 1 aromatic carbocycles. The van der Waals surface area contributed by atoms with Crippen LogP contribution in [0.2, 0.25) is 5.02 Å². The zero-order chi connectivity index (χ0) is 18.8. The Morgan fingerprint density at radius 1 is 1.31 bits per heavy atom. The van der Waals surface area contributed by atoms with Gasteiger partial charge in [0.05, 0.1) is 10.6 Å². The van der Waals surface area contributed by atoms with Crippen molar-refractivity contribution < 1.29 is 9.32 Å². The minimum Gasteiger partial charge on any atom is -0.383 e. The SMILES string of the molecule is Cc1noc(-c2cnc(Nc3ccc(C(=O)N(C)C)c(Cl)c3)nc2N)n1. The fourth-order valence-electron chi connectivity index (χ4n) is 2.16. The van der Waals surface area contributed by atoms with Gasteiger partial charge < -0.3 is 20.5 Å². The van der Waals surface area contributed by atoms with Gasteiger partial charge in [0, 0.05) is 26.0 Å². The number of carbonyl (C=O) groups excluding carboxylic acids is 1. The van der Waals surface area contributed by atoms with E-state index in [1.807, 2.05) is 0 Å². The van der Waals surface area contributed by atoms with Gasteiger partial charge in [0.2, 0.25) is 5.95 Å². The zero-order valence-corrected chi connectivity index (χ0v) is 15.1. The van der Waals surface area contributed by atoms with Crippen LogP contribution in [0.15, 0.2) is 28.9 Å². The van der Waals surface area contributed by atoms with Crippen LogP contribution in [0.25, 0.3) is 11.5 Å². The zero-order valence-electron chi connectivity index (χ0n) is 14.3. The minimum absolute atomic E-state index is 0.179. The number of rotatable bonds is 4. The molecule has 0 aliphatic rings. The highest BCUT2D eigenvalue weighted by Gasteiger charge is 2.15. The van der Waals surface area contributed by atoms with Crippen molar-refractivity contribution in [1.29, 1.82) is 0 Å². The summed E-state index contributed by atoms with van der Waals surface area (Å²) in [6.45, 7) is 1.70. The number of anilines is 3. The standard InChI is InChI=1S/C16H16ClN7O2/c1-8-20-14(26-23-8)11-7-19-16(22-13(11)18)21-9-4-5-10(12(17)6-9)15(25)24(2)3/h4-7H,1-3H3,(H3,18,19,21,22). The minimum atomic E-state index is -0.179. The normalized spacial score (nSPS) is 10.6. The van der Waals surface area contributed by atoms with Gasteiger partial charge in [-0.05, 0) is 25.1 Å². The molecule has 10 heteroatoms. The van der Waals surface area contributed by atoms with E-state index in [1.54, 1.807) is 39.2 Å². The number of halogens is 1. The number of aromatic nitrogens is 4. The molecule has 0 saturated carbocycles. The molecule has 0 spiro atoms. The van der Waals surface area contributed by atoms with E-state index in [0.717, 1.165) is 0 Å². The monoisotopic (exact) mass is 373 g/mol. The van der Waals surface area contributed by atoms with E-state index in [9.17, 15) is 4.79 Å². The molecule has 0 fully saturated rings. The number of nitrogens with zero attached hydrogens (tertiary/aromatic N) is 5. The molecule has 3 rings (SSSR count). The van der Waals surface area contributed by atoms with Crippen molar-refractivity contribution in [3.05, 3.63) is 40.8 Å². The van der Waals surface area contributed by atoms with Crippen molar-refractivity contribution in [2.75, 3.05) is 25.1 Å². The number of hydrogen-bond acceptors (Lipinski definition) is 8. The molecule has 0 saturated heterocycles. The summed E-state index contributed by atoms with van der Waals surface area (Å²) >= 11 is 6.19. The molecule has 9 nitrogen and oxygen atoms in total. The number of nitrogens with two attached hydrogens (primary N) is 1. The Hall–Kier alpha value is -3.20. The Morgan fingerprint density at radius 3 is 2.65 bits per heavy atom. The van der Waals surface area contributed by atoms with Gasteiger partial charge in [-0.25, -0.2) is 4.98 Å². The van der Waals surface area contributed by atoms with E-state index < -0.39 is 0 Å². The van der Waals surface area contributed by atoms with E-state index in [2.05, 4.69) is 25.4 Å². The first-order chi connectivity index (χ1) is 12.3. The highest BCUT2D eigenvalue weighted by Crippen LogP contribution is 2.26. The van der Waals surface area contributed by atoms with E-state index in [1.165, 1.54) is 11.1 Å². The maximum absolute atomic E-state index is 12.0. The van der Waals surface area contributed by atoms with Gasteiger partial charge >= 0.3 is 0 Å². The molecule has 3 N–H and O–H groups in total. The summed E-state index contributed by atoms with van der Waals surface area (Å²) in [6.07, 6.45) is 1.49. The quantitative estimate of drug-likeness (QED) is 0.715. The fourth-order valence-corrected chi connectivity index (χ4v) is 2.42. The summed E-state index contributed by atoms with van der Waals surface area (Å²) in [7, 11) is 3.32. The fraction of sp³-hybridized carbons (Fsp3) is 0.188. The molecule has 134 valence electrons. The van der Waals surface area contributed by atoms with Crippen molar-refractivity contribution in [3.63, 3.8) is 0 Å². The van der Waals surface area contributed by atoms with E-state index in [0.29, 0.717) is 27.7 Å². The van der Waals surface area contributed by atoms with Crippen LogP contribution in [-0.4, -0.2) is 45.0 Å². The smallest absolute Gasteiger partial charge is 0.263 e. The van der Waals surface area contributed by atoms with Gasteiger partial charge in [-0.3, -0.25) is 4.79 Å². The lowest BCUT2D eigenvalue weighted by atomic mass is 10.2. The summed E-state index contributed by atoms with van der Waals surface area (Å²) in [5.41, 5.74) is 7.42. The Balaban J connectivity index is 1.82. The third-order valence-corrected chi connectivity index (χ3v) is 3.75. The molecular weight excluding hydrogens is 358 g/mol. The molecule has 0 aliphatic heterocycles. The summed E-state index contributed by atoms with van der Waals surface area (Å²) in [6, 6.07) is 4.95. The van der Waals surface area contributed by atoms with Crippen LogP contribution < -0.4 is 11.1 Å². The van der Waals surface area contributed by atoms with Crippen LogP contribution in [0.4, 0.5) is 17.5 Å². The molecule has 2 aromatic heterocycles. The maximum Gasteiger partial charge on any atom is 0.263 e. The number of amides is 1. The third kappa shape index (κ3) is 3.57. The summed E-state index contributed by atoms with van der Waals surface area (Å²) < 4.78 is 5.07. The van der Waals surface area contributed by atoms with Gasteiger partial charge in [-0.15, -0.1) is 0 Å². The van der Waals surface area contributed by atoms with Crippen molar-refractivity contribution in [1.82, 2.24) is 25.0 Å². The van der Waals surface area contributed by atoms with Gasteiger partial charge in [0.15, 0.2) is 5.82 Å². The van der Waals surface area contributed by atoms with Gasteiger partial charge in [-0.1, -0.05) is 16.8 Å². The largest absolute Gasteiger partial charge is 0.383 e. The first-order valence-corrected chi connectivity index (χ1v) is 7.94. The lowest BCUT2D eigenvalue weighted by Gasteiger charge is -2.13. The second kappa shape index (κ2) is 6.96. The Bertz CT molecular complexity index is 971. The molecule has 0 atom stereocenters. The first-order valence-electron chi connectivity index (χ1n) is 7.56. The van der Waals surface area contributed by atoms with E-state index in [-0.39, 0.29) is 23.6 Å². The number of nitrogens with one attached hydrogen (secondary N) is 1. The average molecular weight is 374 g/mol. The lowest BCUT2D eigenvalue weighted by molar-refractivity contribution is 0.0828. The van der Waals surface area contributed by atoms with Crippen LogP contribution in [0, 0.1) is 6.92 Å². The van der Waals surface area contributed by atoms with E-state index in [4.69, 9.17) is 21.9 Å². The molecule has 26 heavy (non-hydrogen) atoms. The van der Waals surface area contributed by atoms with Crippen LogP contribution in [0.3, 0.4) is 0 Å². The maximum atomic E-state index is 12.0. The number of nitrogen functional groups attached to an aromatic ring is 1. The summed E-state index contributed by atoms with van der Waals surface area (Å²) in [5.74, 6) is 1.02. The second-order valence-corrected chi connectivity index (χ2v) is 6.07. The Labute approximate surface area is 154 Å². The van der Waals surface area contributed by atoms with Gasteiger partial charge in [0.25, 0.3) is 11.8 Å². The number of carbonyl (C=O) groups is 1. The molecular formula is C16H16ClN7O2. The highest BCUT2D eigenvalue weighted by molar-refractivity contribution is 6.34. The van der Waals surface area contributed by atoms with Crippen molar-refractivity contribution in [2.45, 2.75) is 6.92 Å². The van der Waals surface area contributed by atoms with E-state index >= 15 is 0 Å². The van der Waals surface area contributed by atoms with Crippen LogP contribution in [0.1, 0.15) is 16.2 Å². The van der Waals surface area contributed by atoms with Gasteiger partial charge in [0.1, 0.15) is 11.4 Å². The molecule has 0 bridgehead atoms. The topological polar surface area (TPSA) is 123 Å². The number of hydrogen-bond donors (Lipinski definition) is 2. The Kier molecular flexibility index (Phi) is 4.72. The van der Waals surface area contributed by atoms with Crippen molar-refractivity contribution >= 4 is 35.0 Å². The van der Waals surface area contributed by atoms with Crippen molar-refractivity contribution in [2.24, 2.45) is 0 Å². The lowest BCUT2D eigenvalue weighted by Crippen LogP contribution is -2.21. The second-order valence-electron chi connectivity index (χ2n) is 5.66. The first kappa shape index (κ1) is 17.6. The highest BCUT2D eigenvalue weighted by atomic mass is 35.5. The average Bonchev–Trinajstić information content (AvgIpc) is 3.00. The molecule has 0 aliphatic carbocycles. The Morgan fingerprint density at radius 2 is 2.08 bits per heavy atom. The van der Waals surface area contributed by atoms with Crippen LogP contribution in [0.5, 0.6) is 0 Å². The molecule has 1 amide bonds. The molecule has 0 radical (unpaired) electrons. The summed E-state index contributed by atoms with van der Waals surface area (Å²) in [4.78, 5) is 25.9. The predicted octanol–water partition coefficient (Wildman–Crippen LogP) is 2.52. The van der Waals surface area contributed by atoms with Crippen molar-refractivity contribution in [3.8, 4) is 11.5 Å². The van der Waals surface area contributed by atoms with Gasteiger partial charge in [-0.2, -0.15) is 9.97 Å². The van der Waals surface area contributed by atoms with Crippen LogP contribution >= 0.6 is 11.6 Å². The molecule has 0 unspecified atom stereocenters. The predicted molar refractivity (Wildman–Crippen MR) is 97.2 cm³/mol.